The summed E-state index contributed by atoms with van der Waals surface area (Å²) >= 11 is 0. The molecule has 5 rings (SSSR count). The van der Waals surface area contributed by atoms with E-state index in [1.165, 1.54) is 6.92 Å². The Morgan fingerprint density at radius 1 is 0.889 bits per heavy atom. The first-order valence-corrected chi connectivity index (χ1v) is 8.51. The van der Waals surface area contributed by atoms with Crippen LogP contribution in [-0.4, -0.2) is 31.5 Å². The van der Waals surface area contributed by atoms with E-state index in [-0.39, 0.29) is 11.4 Å². The topological polar surface area (TPSA) is 79.8 Å². The van der Waals surface area contributed by atoms with Crippen molar-refractivity contribution in [1.82, 2.24) is 9.46 Å². The second kappa shape index (κ2) is 5.35. The van der Waals surface area contributed by atoms with Crippen molar-refractivity contribution in [2.24, 2.45) is 4.99 Å². The Balaban J connectivity index is 1.89. The van der Waals surface area contributed by atoms with Crippen LogP contribution in [0.4, 0.5) is 0 Å². The molecule has 0 aromatic heterocycles. The second-order valence-corrected chi connectivity index (χ2v) is 6.53. The zero-order valence-electron chi connectivity index (χ0n) is 14.4. The summed E-state index contributed by atoms with van der Waals surface area (Å²) in [7, 11) is 0. The highest BCUT2D eigenvalue weighted by Crippen LogP contribution is 2.30. The van der Waals surface area contributed by atoms with Crippen LogP contribution in [0.25, 0.3) is 27.1 Å². The van der Waals surface area contributed by atoms with Gasteiger partial charge in [0.1, 0.15) is 10.7 Å². The van der Waals surface area contributed by atoms with Gasteiger partial charge in [-0.2, -0.15) is 9.46 Å². The molecule has 6 nitrogen and oxygen atoms in total. The lowest BCUT2D eigenvalue weighted by Crippen LogP contribution is -2.27. The summed E-state index contributed by atoms with van der Waals surface area (Å²) in [6, 6.07) is 11.8. The van der Waals surface area contributed by atoms with E-state index in [1.807, 2.05) is 36.4 Å². The maximum atomic E-state index is 11.1. The molecule has 132 valence electrons. The van der Waals surface area contributed by atoms with Gasteiger partial charge in [0.25, 0.3) is 0 Å². The van der Waals surface area contributed by atoms with Crippen molar-refractivity contribution >= 4 is 38.7 Å². The van der Waals surface area contributed by atoms with Crippen molar-refractivity contribution in [2.45, 2.75) is 6.92 Å². The van der Waals surface area contributed by atoms with E-state index in [9.17, 15) is 15.2 Å². The number of fused-ring (bicyclic) bond motifs is 2. The maximum Gasteiger partial charge on any atom is 0.243 e. The molecule has 0 spiro atoms. The number of aliphatic imine (C=N–C) groups is 1. The van der Waals surface area contributed by atoms with Gasteiger partial charge < -0.3 is 10.4 Å². The molecule has 0 bridgehead atoms. The maximum absolute atomic E-state index is 11.1. The van der Waals surface area contributed by atoms with Crippen LogP contribution in [0, 0.1) is 10.7 Å². The van der Waals surface area contributed by atoms with E-state index in [0.717, 1.165) is 31.0 Å². The molecule has 2 N–H and O–H groups in total. The summed E-state index contributed by atoms with van der Waals surface area (Å²) < 4.78 is 2.03. The summed E-state index contributed by atoms with van der Waals surface area (Å²) in [6.45, 7) is 1.39. The molecule has 2 aromatic carbocycles. The van der Waals surface area contributed by atoms with E-state index in [1.54, 1.807) is 24.3 Å². The van der Waals surface area contributed by atoms with Crippen molar-refractivity contribution in [3.05, 3.63) is 76.9 Å². The number of allylic oxidation sites excluding steroid dienone is 4. The van der Waals surface area contributed by atoms with Crippen LogP contribution >= 0.6 is 0 Å². The molecule has 1 amide bonds. The first kappa shape index (κ1) is 15.5. The fraction of sp³-hybridized carbons (Fsp3) is 0.0476. The zero-order chi connectivity index (χ0) is 18.7. The summed E-state index contributed by atoms with van der Waals surface area (Å²) in [6.07, 6.45) is 6.75. The molecule has 0 saturated heterocycles. The molecule has 0 fully saturated rings. The van der Waals surface area contributed by atoms with Crippen LogP contribution in [-0.2, 0) is 4.79 Å². The summed E-state index contributed by atoms with van der Waals surface area (Å²) in [4.78, 5) is 15.0. The van der Waals surface area contributed by atoms with Crippen LogP contribution < -0.4 is 5.48 Å². The van der Waals surface area contributed by atoms with Crippen LogP contribution in [0.2, 0.25) is 0 Å². The molecule has 0 saturated carbocycles. The molecule has 0 atom stereocenters. The lowest BCUT2D eigenvalue weighted by molar-refractivity contribution is -0.115. The molecular formula is C21H15N3O3. The van der Waals surface area contributed by atoms with Gasteiger partial charge in [-0.15, -0.1) is 0 Å². The molecule has 1 aliphatic heterocycles. The normalized spacial score (nSPS) is 14.1. The van der Waals surface area contributed by atoms with Gasteiger partial charge in [-0.1, -0.05) is 36.4 Å². The average Bonchev–Trinajstić information content (AvgIpc) is 3.12. The van der Waals surface area contributed by atoms with E-state index in [4.69, 9.17) is 0 Å². The van der Waals surface area contributed by atoms with Gasteiger partial charge in [-0.25, -0.2) is 4.99 Å². The second-order valence-electron chi connectivity index (χ2n) is 6.53. The van der Waals surface area contributed by atoms with Gasteiger partial charge in [0, 0.05) is 28.7 Å². The third-order valence-electron chi connectivity index (χ3n) is 4.88. The van der Waals surface area contributed by atoms with Gasteiger partial charge >= 0.3 is 0 Å². The number of benzene rings is 2. The SMILES string of the molecule is CC(=O)N=C1C=CC(=c2n(O)c3c4cccc5cccc(c=3n2O)c54)C=C1. The lowest BCUT2D eigenvalue weighted by atomic mass is 10.1. The van der Waals surface area contributed by atoms with Crippen LogP contribution in [0.15, 0.2) is 65.7 Å². The average molecular weight is 357 g/mol. The molecule has 27 heavy (non-hydrogen) atoms. The molecular weight excluding hydrogens is 342 g/mol. The largest absolute Gasteiger partial charge is 0.426 e. The quantitative estimate of drug-likeness (QED) is 0.475. The van der Waals surface area contributed by atoms with E-state index in [2.05, 4.69) is 4.99 Å². The number of carbonyl (C=O) groups excluding carboxylic acids is 1. The molecule has 1 heterocycles. The molecule has 2 aromatic rings. The summed E-state index contributed by atoms with van der Waals surface area (Å²) in [5.74, 6) is -0.283. The minimum Gasteiger partial charge on any atom is -0.426 e. The van der Waals surface area contributed by atoms with E-state index < -0.39 is 0 Å². The highest BCUT2D eigenvalue weighted by molar-refractivity contribution is 6.13. The van der Waals surface area contributed by atoms with Crippen molar-refractivity contribution in [3.8, 4) is 0 Å². The zero-order valence-corrected chi connectivity index (χ0v) is 14.4. The number of hydrogen-bond donors (Lipinski definition) is 2. The highest BCUT2D eigenvalue weighted by atomic mass is 16.5. The van der Waals surface area contributed by atoms with Gasteiger partial charge in [0.05, 0.1) is 5.71 Å². The summed E-state index contributed by atoms with van der Waals surface area (Å²) in [5, 5.41) is 26.7. The highest BCUT2D eigenvalue weighted by Gasteiger charge is 2.18. The third kappa shape index (κ3) is 2.07. The Bertz CT molecular complexity index is 1370. The monoisotopic (exact) mass is 357 g/mol. The van der Waals surface area contributed by atoms with Crippen LogP contribution in [0.3, 0.4) is 0 Å². The Morgan fingerprint density at radius 3 is 1.96 bits per heavy atom. The Kier molecular flexibility index (Phi) is 3.06. The van der Waals surface area contributed by atoms with Gasteiger partial charge in [0.15, 0.2) is 5.48 Å². The van der Waals surface area contributed by atoms with Crippen molar-refractivity contribution in [1.29, 1.82) is 0 Å². The number of carbonyl (C=O) groups is 1. The van der Waals surface area contributed by atoms with Gasteiger partial charge in [0.2, 0.25) is 5.91 Å². The minimum absolute atomic E-state index is 0.237. The minimum atomic E-state index is -0.283. The van der Waals surface area contributed by atoms with E-state index >= 15 is 0 Å². The fourth-order valence-corrected chi connectivity index (χ4v) is 3.83. The summed E-state index contributed by atoms with van der Waals surface area (Å²) in [5.41, 5.74) is 1.36. The molecule has 3 aliphatic rings. The van der Waals surface area contributed by atoms with Crippen molar-refractivity contribution in [2.75, 3.05) is 0 Å². The first-order valence-electron chi connectivity index (χ1n) is 8.51. The third-order valence-corrected chi connectivity index (χ3v) is 4.88. The number of amides is 1. The molecule has 6 heteroatoms. The first-order chi connectivity index (χ1) is 13.1. The van der Waals surface area contributed by atoms with Gasteiger partial charge in [-0.3, -0.25) is 4.79 Å². The Hall–Kier alpha value is -3.80. The van der Waals surface area contributed by atoms with Crippen molar-refractivity contribution < 1.29 is 15.2 Å². The lowest BCUT2D eigenvalue weighted by Gasteiger charge is -2.05. The smallest absolute Gasteiger partial charge is 0.243 e. The molecule has 0 radical (unpaired) electrons. The number of nitrogens with zero attached hydrogens (tertiary/aromatic N) is 3. The number of hydrogen-bond acceptors (Lipinski definition) is 3. The fourth-order valence-electron chi connectivity index (χ4n) is 3.83. The number of rotatable bonds is 0. The Morgan fingerprint density at radius 2 is 1.44 bits per heavy atom. The van der Waals surface area contributed by atoms with Crippen molar-refractivity contribution in [3.63, 3.8) is 0 Å². The van der Waals surface area contributed by atoms with Crippen LogP contribution in [0.1, 0.15) is 6.92 Å². The predicted octanol–water partition coefficient (Wildman–Crippen LogP) is 2.78. The van der Waals surface area contributed by atoms with E-state index in [0.29, 0.717) is 22.0 Å². The van der Waals surface area contributed by atoms with Gasteiger partial charge in [-0.05, 0) is 29.7 Å². The van der Waals surface area contributed by atoms with Crippen LogP contribution in [0.5, 0.6) is 0 Å². The molecule has 0 unspecified atom stereocenters. The number of aromatic nitrogens is 2. The molecule has 2 aliphatic carbocycles. The Labute approximate surface area is 152 Å². The standard InChI is InChI=1S/C21H15N3O3/c1-12(25)22-15-10-8-14(9-11-15)21-23(26)19-16-6-2-4-13-5-3-7-17(18(13)16)20(19)24(21)27/h2-11,26-27H,1H3. The predicted molar refractivity (Wildman–Crippen MR) is 102 cm³/mol.